The molecule has 0 radical (unpaired) electrons. The molecule has 0 N–H and O–H groups in total. The van der Waals surface area contributed by atoms with Gasteiger partial charge in [-0.25, -0.2) is 4.79 Å². The van der Waals surface area contributed by atoms with Crippen molar-refractivity contribution < 1.29 is 14.3 Å². The molecule has 1 aliphatic carbocycles. The second kappa shape index (κ2) is 7.34. The molecule has 1 atom stereocenters. The molecule has 0 aliphatic heterocycles. The van der Waals surface area contributed by atoms with Crippen LogP contribution in [0, 0.1) is 17.2 Å². The van der Waals surface area contributed by atoms with Gasteiger partial charge in [-0.1, -0.05) is 12.2 Å². The molecule has 1 aliphatic rings. The van der Waals surface area contributed by atoms with Crippen LogP contribution in [0.3, 0.4) is 0 Å². The number of carbonyl (C=O) groups is 1. The van der Waals surface area contributed by atoms with E-state index in [4.69, 9.17) is 14.7 Å². The van der Waals surface area contributed by atoms with Crippen LogP contribution < -0.4 is 4.74 Å². The Morgan fingerprint density at radius 2 is 2.10 bits per heavy atom. The summed E-state index contributed by atoms with van der Waals surface area (Å²) in [7, 11) is 0. The van der Waals surface area contributed by atoms with Gasteiger partial charge in [0.2, 0.25) is 0 Å². The van der Waals surface area contributed by atoms with Crippen molar-refractivity contribution >= 4 is 5.97 Å². The zero-order valence-electron chi connectivity index (χ0n) is 11.2. The van der Waals surface area contributed by atoms with E-state index in [0.717, 1.165) is 19.3 Å². The van der Waals surface area contributed by atoms with Crippen molar-refractivity contribution in [3.63, 3.8) is 0 Å². The van der Waals surface area contributed by atoms with Crippen molar-refractivity contribution in [2.45, 2.75) is 19.3 Å². The first-order valence-electron chi connectivity index (χ1n) is 6.71. The van der Waals surface area contributed by atoms with Crippen molar-refractivity contribution in [1.82, 2.24) is 0 Å². The number of esters is 1. The van der Waals surface area contributed by atoms with Gasteiger partial charge >= 0.3 is 5.97 Å². The molecule has 20 heavy (non-hydrogen) atoms. The van der Waals surface area contributed by atoms with Gasteiger partial charge in [0.25, 0.3) is 0 Å². The quantitative estimate of drug-likeness (QED) is 0.610. The maximum Gasteiger partial charge on any atom is 0.344 e. The van der Waals surface area contributed by atoms with Crippen molar-refractivity contribution in [1.29, 1.82) is 5.26 Å². The van der Waals surface area contributed by atoms with E-state index in [-0.39, 0.29) is 12.6 Å². The normalized spacial score (nSPS) is 17.2. The van der Waals surface area contributed by atoms with Crippen molar-refractivity contribution in [3.05, 3.63) is 42.0 Å². The first kappa shape index (κ1) is 14.1. The summed E-state index contributed by atoms with van der Waals surface area (Å²) in [6.45, 7) is 0.356. The van der Waals surface area contributed by atoms with E-state index < -0.39 is 0 Å². The molecule has 0 heterocycles. The van der Waals surface area contributed by atoms with Crippen LogP contribution in [0.25, 0.3) is 0 Å². The Bertz CT molecular complexity index is 514. The van der Waals surface area contributed by atoms with Crippen molar-refractivity contribution in [2.75, 3.05) is 13.2 Å². The number of benzene rings is 1. The minimum Gasteiger partial charge on any atom is -0.482 e. The molecule has 0 saturated carbocycles. The minimum atomic E-state index is -0.357. The molecule has 0 bridgehead atoms. The minimum absolute atomic E-state index is 0.103. The van der Waals surface area contributed by atoms with E-state index in [1.807, 2.05) is 6.07 Å². The summed E-state index contributed by atoms with van der Waals surface area (Å²) >= 11 is 0. The van der Waals surface area contributed by atoms with Gasteiger partial charge in [-0.15, -0.1) is 0 Å². The maximum atomic E-state index is 11.6. The van der Waals surface area contributed by atoms with Crippen LogP contribution in [0.1, 0.15) is 24.8 Å². The standard InChI is InChI=1S/C16H17NO3/c17-10-13-6-8-15(9-7-13)19-12-16(18)20-11-14-4-2-1-3-5-14/h1-2,6-9,14H,3-5,11-12H2. The van der Waals surface area contributed by atoms with Gasteiger partial charge in [0, 0.05) is 0 Å². The van der Waals surface area contributed by atoms with Gasteiger partial charge in [-0.2, -0.15) is 5.26 Å². The summed E-state index contributed by atoms with van der Waals surface area (Å²) < 4.78 is 10.5. The molecular weight excluding hydrogens is 254 g/mol. The number of carbonyl (C=O) groups excluding carboxylic acids is 1. The Morgan fingerprint density at radius 3 is 2.75 bits per heavy atom. The smallest absolute Gasteiger partial charge is 0.344 e. The van der Waals surface area contributed by atoms with Crippen molar-refractivity contribution in [3.8, 4) is 11.8 Å². The summed E-state index contributed by atoms with van der Waals surface area (Å²) in [6.07, 6.45) is 7.40. The summed E-state index contributed by atoms with van der Waals surface area (Å²) in [5, 5.41) is 8.67. The van der Waals surface area contributed by atoms with Crippen molar-refractivity contribution in [2.24, 2.45) is 5.92 Å². The van der Waals surface area contributed by atoms with Crippen LogP contribution in [-0.4, -0.2) is 19.2 Å². The van der Waals surface area contributed by atoms with Crippen LogP contribution in [-0.2, 0) is 9.53 Å². The number of allylic oxidation sites excluding steroid dienone is 2. The van der Waals surface area contributed by atoms with E-state index in [1.54, 1.807) is 24.3 Å². The largest absolute Gasteiger partial charge is 0.482 e. The number of hydrogen-bond donors (Lipinski definition) is 0. The second-order valence-corrected chi connectivity index (χ2v) is 4.76. The van der Waals surface area contributed by atoms with Gasteiger partial charge in [-0.05, 0) is 49.4 Å². The third-order valence-corrected chi connectivity index (χ3v) is 3.20. The molecular formula is C16H17NO3. The highest BCUT2D eigenvalue weighted by atomic mass is 16.6. The van der Waals surface area contributed by atoms with E-state index >= 15 is 0 Å². The topological polar surface area (TPSA) is 59.3 Å². The van der Waals surface area contributed by atoms with Gasteiger partial charge in [-0.3, -0.25) is 0 Å². The molecule has 4 heteroatoms. The third-order valence-electron chi connectivity index (χ3n) is 3.20. The lowest BCUT2D eigenvalue weighted by Crippen LogP contribution is -2.20. The molecule has 2 rings (SSSR count). The predicted octanol–water partition coefficient (Wildman–Crippen LogP) is 2.84. The van der Waals surface area contributed by atoms with Gasteiger partial charge in [0.15, 0.2) is 6.61 Å². The van der Waals surface area contributed by atoms with E-state index in [2.05, 4.69) is 12.2 Å². The highest BCUT2D eigenvalue weighted by molar-refractivity contribution is 5.71. The lowest BCUT2D eigenvalue weighted by molar-refractivity contribution is -0.147. The summed E-state index contributed by atoms with van der Waals surface area (Å²) in [6, 6.07) is 8.65. The SMILES string of the molecule is N#Cc1ccc(OCC(=O)OCC2CC=CCC2)cc1. The summed E-state index contributed by atoms with van der Waals surface area (Å²) in [5.41, 5.74) is 0.560. The van der Waals surface area contributed by atoms with E-state index in [0.29, 0.717) is 23.8 Å². The van der Waals surface area contributed by atoms with Crippen LogP contribution >= 0.6 is 0 Å². The molecule has 0 saturated heterocycles. The van der Waals surface area contributed by atoms with Crippen LogP contribution in [0.5, 0.6) is 5.75 Å². The molecule has 1 unspecified atom stereocenters. The number of hydrogen-bond acceptors (Lipinski definition) is 4. The van der Waals surface area contributed by atoms with Crippen LogP contribution in [0.2, 0.25) is 0 Å². The average molecular weight is 271 g/mol. The highest BCUT2D eigenvalue weighted by Crippen LogP contribution is 2.18. The highest BCUT2D eigenvalue weighted by Gasteiger charge is 2.13. The molecule has 1 aromatic carbocycles. The third kappa shape index (κ3) is 4.43. The Labute approximate surface area is 118 Å². The number of rotatable bonds is 5. The predicted molar refractivity (Wildman–Crippen MR) is 74.1 cm³/mol. The summed E-state index contributed by atoms with van der Waals surface area (Å²) in [4.78, 5) is 11.6. The number of nitriles is 1. The average Bonchev–Trinajstić information content (AvgIpc) is 2.52. The fourth-order valence-electron chi connectivity index (χ4n) is 2.03. The zero-order valence-corrected chi connectivity index (χ0v) is 11.2. The van der Waals surface area contributed by atoms with Gasteiger partial charge in [0.1, 0.15) is 5.75 Å². The van der Waals surface area contributed by atoms with Gasteiger partial charge in [0.05, 0.1) is 18.2 Å². The lowest BCUT2D eigenvalue weighted by atomic mass is 9.95. The number of nitrogens with zero attached hydrogens (tertiary/aromatic N) is 1. The van der Waals surface area contributed by atoms with E-state index in [9.17, 15) is 4.79 Å². The van der Waals surface area contributed by atoms with Gasteiger partial charge < -0.3 is 9.47 Å². The molecule has 0 aromatic heterocycles. The summed E-state index contributed by atoms with van der Waals surface area (Å²) in [5.74, 6) is 0.629. The maximum absolute atomic E-state index is 11.6. The molecule has 0 amide bonds. The fourth-order valence-corrected chi connectivity index (χ4v) is 2.03. The Kier molecular flexibility index (Phi) is 5.19. The monoisotopic (exact) mass is 271 g/mol. The lowest BCUT2D eigenvalue weighted by Gasteiger charge is -2.17. The second-order valence-electron chi connectivity index (χ2n) is 4.76. The van der Waals surface area contributed by atoms with E-state index in [1.165, 1.54) is 0 Å². The molecule has 1 aromatic rings. The molecule has 104 valence electrons. The first-order valence-corrected chi connectivity index (χ1v) is 6.71. The van der Waals surface area contributed by atoms with Crippen LogP contribution in [0.15, 0.2) is 36.4 Å². The Hall–Kier alpha value is -2.28. The molecule has 4 nitrogen and oxygen atoms in total. The Morgan fingerprint density at radius 1 is 1.30 bits per heavy atom. The molecule has 0 fully saturated rings. The zero-order chi connectivity index (χ0) is 14.2. The molecule has 0 spiro atoms. The number of ether oxygens (including phenoxy) is 2. The first-order chi connectivity index (χ1) is 9.78. The Balaban J connectivity index is 1.69. The fraction of sp³-hybridized carbons (Fsp3) is 0.375. The van der Waals surface area contributed by atoms with Crippen LogP contribution in [0.4, 0.5) is 0 Å².